The van der Waals surface area contributed by atoms with Crippen LogP contribution in [-0.2, 0) is 0 Å². The Hall–Kier alpha value is -0.630. The van der Waals surface area contributed by atoms with Gasteiger partial charge in [0.25, 0.3) is 0 Å². The summed E-state index contributed by atoms with van der Waals surface area (Å²) in [7, 11) is 2.08. The average Bonchev–Trinajstić information content (AvgIpc) is 2.28. The first kappa shape index (κ1) is 13.4. The van der Waals surface area contributed by atoms with Crippen molar-refractivity contribution >= 4 is 0 Å². The number of piperidine rings is 1. The van der Waals surface area contributed by atoms with Crippen molar-refractivity contribution in [3.8, 4) is 6.07 Å². The molecule has 1 aliphatic rings. The largest absolute Gasteiger partial charge is 0.313 e. The highest BCUT2D eigenvalue weighted by atomic mass is 15.2. The van der Waals surface area contributed by atoms with Crippen molar-refractivity contribution in [2.45, 2.75) is 38.3 Å². The van der Waals surface area contributed by atoms with Gasteiger partial charge in [-0.3, -0.25) is 0 Å². The van der Waals surface area contributed by atoms with Gasteiger partial charge in [0.2, 0.25) is 0 Å². The van der Waals surface area contributed by atoms with Gasteiger partial charge in [-0.15, -0.1) is 0 Å². The summed E-state index contributed by atoms with van der Waals surface area (Å²) in [6, 6.07) is 2.74. The molecule has 0 radical (unpaired) electrons. The third-order valence-electron chi connectivity index (χ3n) is 3.46. The maximum Gasteiger partial charge on any atom is 0.114 e. The molecule has 1 aliphatic heterocycles. The molecule has 0 aromatic carbocycles. The van der Waals surface area contributed by atoms with E-state index in [2.05, 4.69) is 29.8 Å². The first-order valence-corrected chi connectivity index (χ1v) is 6.11. The van der Waals surface area contributed by atoms with E-state index in [0.717, 1.165) is 6.54 Å². The molecule has 0 bridgehead atoms. The highest BCUT2D eigenvalue weighted by Crippen LogP contribution is 2.16. The Balaban J connectivity index is 2.39. The highest BCUT2D eigenvalue weighted by Gasteiger charge is 2.26. The molecule has 2 N–H and O–H groups in total. The van der Waals surface area contributed by atoms with Crippen molar-refractivity contribution in [3.63, 3.8) is 0 Å². The molecule has 1 heterocycles. The summed E-state index contributed by atoms with van der Waals surface area (Å²) in [4.78, 5) is 4.71. The molecule has 0 saturated carbocycles. The molecule has 1 fully saturated rings. The SMILES string of the molecule is CCN1CCC(N(C)CC(C)(N)C#N)CC1. The van der Waals surface area contributed by atoms with Crippen LogP contribution in [0.5, 0.6) is 0 Å². The Morgan fingerprint density at radius 3 is 2.50 bits per heavy atom. The van der Waals surface area contributed by atoms with E-state index < -0.39 is 5.54 Å². The summed E-state index contributed by atoms with van der Waals surface area (Å²) in [5, 5.41) is 8.91. The molecule has 4 heteroatoms. The van der Waals surface area contributed by atoms with Gasteiger partial charge in [0.1, 0.15) is 5.54 Å². The first-order chi connectivity index (χ1) is 7.48. The Labute approximate surface area is 99.0 Å². The molecular weight excluding hydrogens is 200 g/mol. The zero-order valence-electron chi connectivity index (χ0n) is 10.7. The van der Waals surface area contributed by atoms with Crippen molar-refractivity contribution in [1.82, 2.24) is 9.80 Å². The lowest BCUT2D eigenvalue weighted by molar-refractivity contribution is 0.122. The van der Waals surface area contributed by atoms with Gasteiger partial charge in [-0.1, -0.05) is 6.92 Å². The molecular formula is C12H24N4. The van der Waals surface area contributed by atoms with E-state index in [9.17, 15) is 0 Å². The standard InChI is InChI=1S/C12H24N4/c1-4-16-7-5-11(6-8-16)15(3)10-12(2,14)9-13/h11H,4-8,10,14H2,1-3H3. The van der Waals surface area contributed by atoms with Crippen LogP contribution in [0.4, 0.5) is 0 Å². The molecule has 1 rings (SSSR count). The Morgan fingerprint density at radius 2 is 2.06 bits per heavy atom. The van der Waals surface area contributed by atoms with Crippen LogP contribution in [0.25, 0.3) is 0 Å². The average molecular weight is 224 g/mol. The smallest absolute Gasteiger partial charge is 0.114 e. The molecule has 0 aliphatic carbocycles. The number of nitrogens with zero attached hydrogens (tertiary/aromatic N) is 3. The van der Waals surface area contributed by atoms with Gasteiger partial charge in [-0.25, -0.2) is 0 Å². The maximum atomic E-state index is 8.91. The predicted octanol–water partition coefficient (Wildman–Crippen LogP) is 0.643. The third kappa shape index (κ3) is 3.75. The van der Waals surface area contributed by atoms with Gasteiger partial charge in [0.05, 0.1) is 6.07 Å². The number of likely N-dealkylation sites (tertiary alicyclic amines) is 1. The lowest BCUT2D eigenvalue weighted by Gasteiger charge is -2.38. The minimum atomic E-state index is -0.726. The van der Waals surface area contributed by atoms with Crippen LogP contribution >= 0.6 is 0 Å². The number of nitriles is 1. The van der Waals surface area contributed by atoms with Crippen LogP contribution < -0.4 is 5.73 Å². The van der Waals surface area contributed by atoms with Crippen LogP contribution in [0.2, 0.25) is 0 Å². The molecule has 1 saturated heterocycles. The van der Waals surface area contributed by atoms with Gasteiger partial charge >= 0.3 is 0 Å². The Morgan fingerprint density at radius 1 is 1.50 bits per heavy atom. The van der Waals surface area contributed by atoms with Crippen LogP contribution in [0.3, 0.4) is 0 Å². The third-order valence-corrected chi connectivity index (χ3v) is 3.46. The van der Waals surface area contributed by atoms with Crippen molar-refractivity contribution in [3.05, 3.63) is 0 Å². The van der Waals surface area contributed by atoms with Crippen molar-refractivity contribution in [2.75, 3.05) is 33.2 Å². The minimum Gasteiger partial charge on any atom is -0.313 e. The fourth-order valence-corrected chi connectivity index (χ4v) is 2.36. The molecule has 0 amide bonds. The summed E-state index contributed by atoms with van der Waals surface area (Å²) < 4.78 is 0. The summed E-state index contributed by atoms with van der Waals surface area (Å²) in [5.41, 5.74) is 5.14. The van der Waals surface area contributed by atoms with Crippen molar-refractivity contribution in [2.24, 2.45) is 5.73 Å². The van der Waals surface area contributed by atoms with Crippen molar-refractivity contribution < 1.29 is 0 Å². The van der Waals surface area contributed by atoms with Gasteiger partial charge in [-0.2, -0.15) is 5.26 Å². The van der Waals surface area contributed by atoms with E-state index in [1.807, 2.05) is 0 Å². The van der Waals surface area contributed by atoms with Gasteiger partial charge in [0.15, 0.2) is 0 Å². The predicted molar refractivity (Wildman–Crippen MR) is 66.0 cm³/mol. The molecule has 4 nitrogen and oxygen atoms in total. The van der Waals surface area contributed by atoms with E-state index in [1.165, 1.54) is 25.9 Å². The van der Waals surface area contributed by atoms with Gasteiger partial charge in [-0.05, 0) is 46.4 Å². The normalized spacial score (nSPS) is 23.0. The lowest BCUT2D eigenvalue weighted by Crippen LogP contribution is -2.51. The van der Waals surface area contributed by atoms with E-state index in [1.54, 1.807) is 6.92 Å². The fraction of sp³-hybridized carbons (Fsp3) is 0.917. The zero-order chi connectivity index (χ0) is 12.2. The van der Waals surface area contributed by atoms with Crippen LogP contribution in [0.1, 0.15) is 26.7 Å². The van der Waals surface area contributed by atoms with E-state index >= 15 is 0 Å². The van der Waals surface area contributed by atoms with Crippen LogP contribution in [-0.4, -0.2) is 54.6 Å². The molecule has 1 unspecified atom stereocenters. The summed E-state index contributed by atoms with van der Waals surface area (Å²) in [6.45, 7) is 8.13. The molecule has 0 aromatic heterocycles. The quantitative estimate of drug-likeness (QED) is 0.761. The zero-order valence-corrected chi connectivity index (χ0v) is 10.7. The summed E-state index contributed by atoms with van der Waals surface area (Å²) in [5.74, 6) is 0. The molecule has 0 spiro atoms. The fourth-order valence-electron chi connectivity index (χ4n) is 2.36. The van der Waals surface area contributed by atoms with Crippen molar-refractivity contribution in [1.29, 1.82) is 5.26 Å². The minimum absolute atomic E-state index is 0.582. The van der Waals surface area contributed by atoms with Crippen LogP contribution in [0.15, 0.2) is 0 Å². The first-order valence-electron chi connectivity index (χ1n) is 6.11. The number of hydrogen-bond donors (Lipinski definition) is 1. The summed E-state index contributed by atoms with van der Waals surface area (Å²) >= 11 is 0. The topological polar surface area (TPSA) is 56.3 Å². The van der Waals surface area contributed by atoms with E-state index in [0.29, 0.717) is 12.6 Å². The monoisotopic (exact) mass is 224 g/mol. The number of rotatable bonds is 4. The van der Waals surface area contributed by atoms with Gasteiger partial charge < -0.3 is 15.5 Å². The lowest BCUT2D eigenvalue weighted by atomic mass is 10.00. The molecule has 16 heavy (non-hydrogen) atoms. The maximum absolute atomic E-state index is 8.91. The second-order valence-electron chi connectivity index (χ2n) is 5.11. The second kappa shape index (κ2) is 5.62. The highest BCUT2D eigenvalue weighted by molar-refractivity contribution is 5.03. The molecule has 1 atom stereocenters. The number of nitrogens with two attached hydrogens (primary N) is 1. The molecule has 0 aromatic rings. The Bertz CT molecular complexity index is 248. The van der Waals surface area contributed by atoms with E-state index in [4.69, 9.17) is 11.0 Å². The molecule has 92 valence electrons. The Kier molecular flexibility index (Phi) is 4.72. The van der Waals surface area contributed by atoms with E-state index in [-0.39, 0.29) is 0 Å². The number of likely N-dealkylation sites (N-methyl/N-ethyl adjacent to an activating group) is 1. The van der Waals surface area contributed by atoms with Crippen LogP contribution in [0, 0.1) is 11.3 Å². The number of hydrogen-bond acceptors (Lipinski definition) is 4. The summed E-state index contributed by atoms with van der Waals surface area (Å²) in [6.07, 6.45) is 2.37. The second-order valence-corrected chi connectivity index (χ2v) is 5.11. The van der Waals surface area contributed by atoms with Gasteiger partial charge in [0, 0.05) is 12.6 Å².